The van der Waals surface area contributed by atoms with E-state index in [0.29, 0.717) is 24.9 Å². The van der Waals surface area contributed by atoms with Crippen molar-refractivity contribution in [3.05, 3.63) is 47.4 Å². The number of amides is 2. The third-order valence-electron chi connectivity index (χ3n) is 3.11. The van der Waals surface area contributed by atoms with Crippen LogP contribution >= 0.6 is 11.6 Å². The zero-order chi connectivity index (χ0) is 13.9. The molecule has 1 aromatic carbocycles. The lowest BCUT2D eigenvalue weighted by atomic mass is 10.2. The molecule has 104 valence electrons. The fourth-order valence-electron chi connectivity index (χ4n) is 2.14. The minimum absolute atomic E-state index is 0.0556. The van der Waals surface area contributed by atoms with Gasteiger partial charge in [-0.15, -0.1) is 0 Å². The van der Waals surface area contributed by atoms with Gasteiger partial charge in [0.2, 0.25) is 0 Å². The summed E-state index contributed by atoms with van der Waals surface area (Å²) in [6.45, 7) is 1.92. The first-order valence-electron chi connectivity index (χ1n) is 6.36. The number of benzene rings is 1. The van der Waals surface area contributed by atoms with Gasteiger partial charge in [0.1, 0.15) is 5.76 Å². The van der Waals surface area contributed by atoms with E-state index in [-0.39, 0.29) is 6.03 Å². The summed E-state index contributed by atoms with van der Waals surface area (Å²) < 4.78 is 5.28. The van der Waals surface area contributed by atoms with Crippen LogP contribution in [-0.2, 0) is 6.54 Å². The zero-order valence-electron chi connectivity index (χ0n) is 10.7. The van der Waals surface area contributed by atoms with Crippen molar-refractivity contribution in [2.24, 2.45) is 0 Å². The third kappa shape index (κ3) is 2.72. The molecule has 0 aliphatic carbocycles. The molecule has 6 heteroatoms. The molecule has 0 saturated carbocycles. The highest BCUT2D eigenvalue weighted by Gasteiger charge is 2.20. The highest BCUT2D eigenvalue weighted by molar-refractivity contribution is 6.28. The van der Waals surface area contributed by atoms with Gasteiger partial charge in [-0.25, -0.2) is 4.79 Å². The Bertz CT molecular complexity index is 626. The van der Waals surface area contributed by atoms with Crippen LogP contribution in [0.5, 0.6) is 0 Å². The quantitative estimate of drug-likeness (QED) is 0.910. The van der Waals surface area contributed by atoms with Crippen molar-refractivity contribution in [3.63, 3.8) is 0 Å². The monoisotopic (exact) mass is 291 g/mol. The molecular formula is C14H14ClN3O2. The largest absolute Gasteiger partial charge is 0.448 e. The molecule has 2 aromatic rings. The number of furan rings is 1. The van der Waals surface area contributed by atoms with E-state index in [1.54, 1.807) is 11.0 Å². The number of halogens is 1. The predicted molar refractivity (Wildman–Crippen MR) is 78.2 cm³/mol. The average Bonchev–Trinajstić information content (AvgIpc) is 3.05. The molecular weight excluding hydrogens is 278 g/mol. The maximum absolute atomic E-state index is 11.6. The number of hydrogen-bond acceptors (Lipinski definition) is 3. The normalized spacial score (nSPS) is 14.4. The molecule has 1 saturated heterocycles. The van der Waals surface area contributed by atoms with Gasteiger partial charge in [-0.05, 0) is 41.9 Å². The van der Waals surface area contributed by atoms with Crippen molar-refractivity contribution >= 4 is 29.0 Å². The van der Waals surface area contributed by atoms with Crippen molar-refractivity contribution in [1.82, 2.24) is 5.32 Å². The van der Waals surface area contributed by atoms with Gasteiger partial charge in [0.15, 0.2) is 5.22 Å². The van der Waals surface area contributed by atoms with Crippen molar-refractivity contribution in [1.29, 1.82) is 0 Å². The lowest BCUT2D eigenvalue weighted by Gasteiger charge is -2.15. The Morgan fingerprint density at radius 2 is 2.25 bits per heavy atom. The number of urea groups is 1. The van der Waals surface area contributed by atoms with Crippen molar-refractivity contribution < 1.29 is 9.21 Å². The van der Waals surface area contributed by atoms with Crippen molar-refractivity contribution in [2.45, 2.75) is 6.54 Å². The maximum Gasteiger partial charge on any atom is 0.321 e. The summed E-state index contributed by atoms with van der Waals surface area (Å²) in [5.41, 5.74) is 1.80. The van der Waals surface area contributed by atoms with Crippen LogP contribution < -0.4 is 15.5 Å². The number of rotatable bonds is 4. The Balaban J connectivity index is 1.69. The van der Waals surface area contributed by atoms with Crippen LogP contribution in [0.1, 0.15) is 5.76 Å². The Hall–Kier alpha value is -2.14. The van der Waals surface area contributed by atoms with Gasteiger partial charge in [-0.2, -0.15) is 0 Å². The first-order chi connectivity index (χ1) is 9.72. The molecule has 1 aromatic heterocycles. The van der Waals surface area contributed by atoms with E-state index in [4.69, 9.17) is 16.0 Å². The van der Waals surface area contributed by atoms with Crippen LogP contribution in [0.2, 0.25) is 5.22 Å². The second-order valence-corrected chi connectivity index (χ2v) is 4.87. The standard InChI is InChI=1S/C14H14ClN3O2/c15-13-5-4-12(20-13)9-17-10-2-1-3-11(8-10)18-7-6-16-14(18)19/h1-5,8,17H,6-7,9H2,(H,16,19). The first kappa shape index (κ1) is 12.9. The Kier molecular flexibility index (Phi) is 3.52. The summed E-state index contributed by atoms with van der Waals surface area (Å²) in [5.74, 6) is 0.763. The third-order valence-corrected chi connectivity index (χ3v) is 3.31. The minimum atomic E-state index is -0.0556. The van der Waals surface area contributed by atoms with E-state index < -0.39 is 0 Å². The molecule has 0 spiro atoms. The van der Waals surface area contributed by atoms with E-state index in [2.05, 4.69) is 10.6 Å². The van der Waals surface area contributed by atoms with Gasteiger partial charge in [0.05, 0.1) is 6.54 Å². The summed E-state index contributed by atoms with van der Waals surface area (Å²) in [6, 6.07) is 11.2. The smallest absolute Gasteiger partial charge is 0.321 e. The molecule has 0 atom stereocenters. The Morgan fingerprint density at radius 3 is 2.95 bits per heavy atom. The van der Waals surface area contributed by atoms with Crippen LogP contribution in [0.4, 0.5) is 16.2 Å². The zero-order valence-corrected chi connectivity index (χ0v) is 11.5. The molecule has 2 N–H and O–H groups in total. The SMILES string of the molecule is O=C1NCCN1c1cccc(NCc2ccc(Cl)o2)c1. The highest BCUT2D eigenvalue weighted by Crippen LogP contribution is 2.22. The molecule has 5 nitrogen and oxygen atoms in total. The minimum Gasteiger partial charge on any atom is -0.448 e. The lowest BCUT2D eigenvalue weighted by Crippen LogP contribution is -2.27. The Labute approximate surface area is 121 Å². The number of nitrogens with zero attached hydrogens (tertiary/aromatic N) is 1. The molecule has 1 aliphatic heterocycles. The summed E-state index contributed by atoms with van der Waals surface area (Å²) >= 11 is 5.72. The fourth-order valence-corrected chi connectivity index (χ4v) is 2.30. The average molecular weight is 292 g/mol. The van der Waals surface area contributed by atoms with E-state index >= 15 is 0 Å². The van der Waals surface area contributed by atoms with Crippen molar-refractivity contribution in [3.8, 4) is 0 Å². The van der Waals surface area contributed by atoms with E-state index in [0.717, 1.165) is 17.1 Å². The topological polar surface area (TPSA) is 57.5 Å². The van der Waals surface area contributed by atoms with Gasteiger partial charge in [-0.3, -0.25) is 4.90 Å². The second kappa shape index (κ2) is 5.46. The molecule has 0 unspecified atom stereocenters. The molecule has 1 aliphatic rings. The van der Waals surface area contributed by atoms with Gasteiger partial charge >= 0.3 is 6.03 Å². The summed E-state index contributed by atoms with van der Waals surface area (Å²) in [6.07, 6.45) is 0. The summed E-state index contributed by atoms with van der Waals surface area (Å²) in [5, 5.41) is 6.41. The highest BCUT2D eigenvalue weighted by atomic mass is 35.5. The fraction of sp³-hybridized carbons (Fsp3) is 0.214. The number of anilines is 2. The number of hydrogen-bond donors (Lipinski definition) is 2. The van der Waals surface area contributed by atoms with Crippen LogP contribution in [-0.4, -0.2) is 19.1 Å². The number of carbonyl (C=O) groups excluding carboxylic acids is 1. The number of carbonyl (C=O) groups is 1. The van der Waals surface area contributed by atoms with Gasteiger partial charge in [0, 0.05) is 24.5 Å². The molecule has 3 rings (SSSR count). The van der Waals surface area contributed by atoms with E-state index in [1.165, 1.54) is 0 Å². The van der Waals surface area contributed by atoms with Gasteiger partial charge in [0.25, 0.3) is 0 Å². The van der Waals surface area contributed by atoms with Crippen LogP contribution in [0.25, 0.3) is 0 Å². The van der Waals surface area contributed by atoms with Crippen LogP contribution in [0.15, 0.2) is 40.8 Å². The summed E-state index contributed by atoms with van der Waals surface area (Å²) in [7, 11) is 0. The first-order valence-corrected chi connectivity index (χ1v) is 6.74. The lowest BCUT2D eigenvalue weighted by molar-refractivity contribution is 0.252. The molecule has 1 fully saturated rings. The number of nitrogens with one attached hydrogen (secondary N) is 2. The van der Waals surface area contributed by atoms with Crippen LogP contribution in [0.3, 0.4) is 0 Å². The predicted octanol–water partition coefficient (Wildman–Crippen LogP) is 3.07. The van der Waals surface area contributed by atoms with Crippen LogP contribution in [0, 0.1) is 0 Å². The van der Waals surface area contributed by atoms with E-state index in [9.17, 15) is 4.79 Å². The van der Waals surface area contributed by atoms with E-state index in [1.807, 2.05) is 30.3 Å². The van der Waals surface area contributed by atoms with Gasteiger partial charge in [-0.1, -0.05) is 6.07 Å². The molecule has 2 amide bonds. The van der Waals surface area contributed by atoms with Crippen molar-refractivity contribution in [2.75, 3.05) is 23.3 Å². The molecule has 0 bridgehead atoms. The maximum atomic E-state index is 11.6. The van der Waals surface area contributed by atoms with Gasteiger partial charge < -0.3 is 15.1 Å². The molecule has 20 heavy (non-hydrogen) atoms. The molecule has 2 heterocycles. The summed E-state index contributed by atoms with van der Waals surface area (Å²) in [4.78, 5) is 13.4. The second-order valence-electron chi connectivity index (χ2n) is 4.49. The molecule has 0 radical (unpaired) electrons. The Morgan fingerprint density at radius 1 is 1.35 bits per heavy atom.